The summed E-state index contributed by atoms with van der Waals surface area (Å²) in [5, 5.41) is 0. The monoisotopic (exact) mass is 492 g/mol. The number of carbonyl (C=O) groups excluding carboxylic acids is 3. The van der Waals surface area contributed by atoms with Gasteiger partial charge in [-0.15, -0.1) is 0 Å². The fourth-order valence-corrected chi connectivity index (χ4v) is 4.52. The van der Waals surface area contributed by atoms with Crippen LogP contribution in [0.15, 0.2) is 0 Å². The minimum Gasteiger partial charge on any atom is -0.456 e. The smallest absolute Gasteiger partial charge is 0.327 e. The lowest BCUT2D eigenvalue weighted by Gasteiger charge is -2.55. The molecule has 3 aliphatic heterocycles. The van der Waals surface area contributed by atoms with Crippen molar-refractivity contribution >= 4 is 17.9 Å². The maximum atomic E-state index is 12.0. The molecule has 0 aromatic rings. The molecular formula is C21H32O13. The van der Waals surface area contributed by atoms with Crippen molar-refractivity contribution in [2.75, 3.05) is 27.9 Å². The number of esters is 3. The molecule has 10 atom stereocenters. The van der Waals surface area contributed by atoms with Crippen LogP contribution in [0.4, 0.5) is 0 Å². The molecule has 3 fully saturated rings. The number of rotatable bonds is 6. The Balaban J connectivity index is 2.00. The van der Waals surface area contributed by atoms with Gasteiger partial charge in [0.2, 0.25) is 6.10 Å². The molecule has 13 nitrogen and oxygen atoms in total. The molecule has 0 bridgehead atoms. The zero-order valence-corrected chi connectivity index (χ0v) is 20.2. The summed E-state index contributed by atoms with van der Waals surface area (Å²) in [7, 11) is 4.42. The van der Waals surface area contributed by atoms with Crippen molar-refractivity contribution in [2.45, 2.75) is 88.8 Å². The highest BCUT2D eigenvalue weighted by Gasteiger charge is 2.66. The van der Waals surface area contributed by atoms with Crippen molar-refractivity contribution in [3.8, 4) is 0 Å². The quantitative estimate of drug-likeness (QED) is 0.353. The molecule has 13 heteroatoms. The highest BCUT2D eigenvalue weighted by Crippen LogP contribution is 2.43. The minimum atomic E-state index is -2.03. The van der Waals surface area contributed by atoms with Crippen molar-refractivity contribution in [3.05, 3.63) is 0 Å². The number of ether oxygens (including phenoxy) is 10. The van der Waals surface area contributed by atoms with Crippen molar-refractivity contribution in [1.29, 1.82) is 0 Å². The third-order valence-corrected chi connectivity index (χ3v) is 5.80. The molecule has 0 aliphatic carbocycles. The van der Waals surface area contributed by atoms with Gasteiger partial charge in [0, 0.05) is 42.1 Å². The van der Waals surface area contributed by atoms with Gasteiger partial charge >= 0.3 is 23.9 Å². The average Bonchev–Trinajstić information content (AvgIpc) is 2.77. The Morgan fingerprint density at radius 2 is 1.35 bits per heavy atom. The van der Waals surface area contributed by atoms with Gasteiger partial charge in [-0.05, 0) is 6.92 Å². The van der Waals surface area contributed by atoms with Crippen molar-refractivity contribution in [1.82, 2.24) is 0 Å². The fraction of sp³-hybridized carbons (Fsp3) is 0.857. The van der Waals surface area contributed by atoms with E-state index in [9.17, 15) is 14.4 Å². The fourth-order valence-electron chi connectivity index (χ4n) is 4.52. The number of carbonyl (C=O) groups is 3. The molecule has 0 saturated carbocycles. The van der Waals surface area contributed by atoms with Crippen LogP contribution in [0.2, 0.25) is 0 Å². The molecule has 1 spiro atoms. The molecule has 0 N–H and O–H groups in total. The lowest BCUT2D eigenvalue weighted by molar-refractivity contribution is -0.507. The van der Waals surface area contributed by atoms with Gasteiger partial charge in [0.1, 0.15) is 30.5 Å². The van der Waals surface area contributed by atoms with E-state index in [1.54, 1.807) is 6.92 Å². The second kappa shape index (κ2) is 10.8. The van der Waals surface area contributed by atoms with Crippen LogP contribution in [-0.2, 0) is 61.8 Å². The molecule has 0 radical (unpaired) electrons. The van der Waals surface area contributed by atoms with Crippen LogP contribution < -0.4 is 0 Å². The zero-order valence-electron chi connectivity index (χ0n) is 20.2. The van der Waals surface area contributed by atoms with Crippen molar-refractivity contribution in [3.63, 3.8) is 0 Å². The van der Waals surface area contributed by atoms with Gasteiger partial charge in [-0.3, -0.25) is 14.4 Å². The minimum absolute atomic E-state index is 0.0731. The van der Waals surface area contributed by atoms with Gasteiger partial charge in [0.15, 0.2) is 18.5 Å². The predicted molar refractivity (Wildman–Crippen MR) is 108 cm³/mol. The lowest BCUT2D eigenvalue weighted by atomic mass is 9.94. The van der Waals surface area contributed by atoms with Crippen LogP contribution in [0.1, 0.15) is 27.7 Å². The summed E-state index contributed by atoms with van der Waals surface area (Å²) in [6.07, 6.45) is -8.31. The Morgan fingerprint density at radius 3 is 1.88 bits per heavy atom. The second-order valence-electron chi connectivity index (χ2n) is 8.18. The predicted octanol–water partition coefficient (Wildman–Crippen LogP) is -0.329. The van der Waals surface area contributed by atoms with Crippen molar-refractivity contribution < 1.29 is 61.8 Å². The Labute approximate surface area is 197 Å². The highest BCUT2D eigenvalue weighted by atomic mass is 16.9. The van der Waals surface area contributed by atoms with Gasteiger partial charge in [0.05, 0.1) is 6.61 Å². The summed E-state index contributed by atoms with van der Waals surface area (Å²) in [6, 6.07) is 0. The Morgan fingerprint density at radius 1 is 0.765 bits per heavy atom. The molecular weight excluding hydrogens is 460 g/mol. The number of hydrogen-bond donors (Lipinski definition) is 0. The molecule has 0 amide bonds. The van der Waals surface area contributed by atoms with Crippen molar-refractivity contribution in [2.24, 2.45) is 0 Å². The van der Waals surface area contributed by atoms with Crippen LogP contribution in [0, 0.1) is 0 Å². The summed E-state index contributed by atoms with van der Waals surface area (Å²) in [5.41, 5.74) is 0. The molecule has 0 aromatic carbocycles. The molecule has 3 aliphatic rings. The number of fused-ring (bicyclic) bond motifs is 1. The van der Waals surface area contributed by atoms with E-state index < -0.39 is 79.0 Å². The van der Waals surface area contributed by atoms with Crippen LogP contribution in [-0.4, -0.2) is 107 Å². The maximum absolute atomic E-state index is 12.0. The Hall–Kier alpha value is -1.87. The highest BCUT2D eigenvalue weighted by molar-refractivity contribution is 5.68. The van der Waals surface area contributed by atoms with Crippen LogP contribution in [0.25, 0.3) is 0 Å². The van der Waals surface area contributed by atoms with Crippen LogP contribution >= 0.6 is 0 Å². The molecule has 194 valence electrons. The van der Waals surface area contributed by atoms with E-state index in [0.29, 0.717) is 0 Å². The van der Waals surface area contributed by atoms with Gasteiger partial charge in [0.25, 0.3) is 0 Å². The SMILES string of the molecule is CO[C@H]1O[C@@H]2CO[C@@]3(O[C@H]2[C@H](OC)[C@H]1OC)O[C@@H](C)[C@H](OC(C)=O)[C@@H](OC(C)=O)[C@H]3OC(C)=O. The molecule has 0 unspecified atom stereocenters. The molecule has 3 rings (SSSR count). The van der Waals surface area contributed by atoms with Gasteiger partial charge in [-0.1, -0.05) is 0 Å². The van der Waals surface area contributed by atoms with Gasteiger partial charge in [-0.25, -0.2) is 0 Å². The van der Waals surface area contributed by atoms with Crippen LogP contribution in [0.3, 0.4) is 0 Å². The summed E-state index contributed by atoms with van der Waals surface area (Å²) in [4.78, 5) is 35.7. The molecule has 34 heavy (non-hydrogen) atoms. The largest absolute Gasteiger partial charge is 0.456 e. The lowest BCUT2D eigenvalue weighted by Crippen LogP contribution is -2.74. The summed E-state index contributed by atoms with van der Waals surface area (Å²) in [6.45, 7) is 5.04. The number of methoxy groups -OCH3 is 3. The van der Waals surface area contributed by atoms with Gasteiger partial charge < -0.3 is 47.4 Å². The standard InChI is InChI=1S/C21H32O13/c1-9-14(29-10(2)22)17(30-11(3)23)19(31-12(4)24)21(33-9)28-8-13-15(34-21)16(25-5)18(26-6)20(27-7)32-13/h9,13-20H,8H2,1-7H3/t9-,13+,14-,15+,16-,17+,18+,19+,20-,21+/m0/s1. The first kappa shape index (κ1) is 26.7. The topological polar surface area (TPSA) is 144 Å². The van der Waals surface area contributed by atoms with E-state index in [2.05, 4.69) is 0 Å². The number of hydrogen-bond acceptors (Lipinski definition) is 13. The normalized spacial score (nSPS) is 41.9. The van der Waals surface area contributed by atoms with E-state index in [1.165, 1.54) is 35.2 Å². The zero-order chi connectivity index (χ0) is 25.2. The summed E-state index contributed by atoms with van der Waals surface area (Å²) < 4.78 is 57.0. The maximum Gasteiger partial charge on any atom is 0.327 e. The summed E-state index contributed by atoms with van der Waals surface area (Å²) in [5.74, 6) is -4.10. The molecule has 3 heterocycles. The van der Waals surface area contributed by atoms with E-state index in [-0.39, 0.29) is 6.61 Å². The average molecular weight is 492 g/mol. The third-order valence-electron chi connectivity index (χ3n) is 5.80. The third kappa shape index (κ3) is 5.20. The first-order chi connectivity index (χ1) is 16.1. The molecule has 0 aromatic heterocycles. The van der Waals surface area contributed by atoms with E-state index in [1.807, 2.05) is 0 Å². The van der Waals surface area contributed by atoms with E-state index >= 15 is 0 Å². The van der Waals surface area contributed by atoms with E-state index in [4.69, 9.17) is 47.4 Å². The first-order valence-corrected chi connectivity index (χ1v) is 10.8. The van der Waals surface area contributed by atoms with Crippen LogP contribution in [0.5, 0.6) is 0 Å². The Bertz CT molecular complexity index is 759. The van der Waals surface area contributed by atoms with Gasteiger partial charge in [-0.2, -0.15) is 0 Å². The Kier molecular flexibility index (Phi) is 8.50. The second-order valence-corrected chi connectivity index (χ2v) is 8.18. The first-order valence-electron chi connectivity index (χ1n) is 10.8. The van der Waals surface area contributed by atoms with E-state index in [0.717, 1.165) is 6.92 Å². The molecule has 3 saturated heterocycles. The summed E-state index contributed by atoms with van der Waals surface area (Å²) >= 11 is 0.